The molecule has 1 aliphatic heterocycles. The summed E-state index contributed by atoms with van der Waals surface area (Å²) in [6.45, 7) is 4.43. The zero-order chi connectivity index (χ0) is 17.2. The summed E-state index contributed by atoms with van der Waals surface area (Å²) in [5.74, 6) is 0.551. The van der Waals surface area contributed by atoms with Crippen molar-refractivity contribution >= 4 is 28.3 Å². The van der Waals surface area contributed by atoms with Crippen LogP contribution in [0.2, 0.25) is 5.02 Å². The van der Waals surface area contributed by atoms with Crippen LogP contribution in [0.25, 0.3) is 10.9 Å². The van der Waals surface area contributed by atoms with Gasteiger partial charge in [-0.05, 0) is 35.9 Å². The highest BCUT2D eigenvalue weighted by atomic mass is 35.5. The monoisotopic (exact) mass is 356 g/mol. The Morgan fingerprint density at radius 2 is 1.84 bits per heavy atom. The van der Waals surface area contributed by atoms with Gasteiger partial charge in [0, 0.05) is 43.1 Å². The van der Waals surface area contributed by atoms with Crippen LogP contribution in [0.4, 0.5) is 10.2 Å². The fraction of sp³-hybridized carbons (Fsp3) is 0.263. The van der Waals surface area contributed by atoms with Crippen molar-refractivity contribution in [3.8, 4) is 0 Å². The number of piperazine rings is 1. The van der Waals surface area contributed by atoms with Crippen LogP contribution in [0.3, 0.4) is 0 Å². The van der Waals surface area contributed by atoms with Gasteiger partial charge in [-0.2, -0.15) is 0 Å². The first-order valence-electron chi connectivity index (χ1n) is 8.31. The summed E-state index contributed by atoms with van der Waals surface area (Å²) < 4.78 is 13.6. The van der Waals surface area contributed by atoms with E-state index in [4.69, 9.17) is 11.6 Å². The summed E-state index contributed by atoms with van der Waals surface area (Å²) >= 11 is 6.06. The molecule has 1 saturated heterocycles. The molecule has 0 aliphatic carbocycles. The van der Waals surface area contributed by atoms with E-state index in [0.717, 1.165) is 54.5 Å². The van der Waals surface area contributed by atoms with E-state index in [0.29, 0.717) is 0 Å². The molecule has 0 amide bonds. The number of benzene rings is 2. The first-order valence-corrected chi connectivity index (χ1v) is 8.69. The van der Waals surface area contributed by atoms with E-state index in [9.17, 15) is 4.39 Å². The Labute approximate surface area is 150 Å². The van der Waals surface area contributed by atoms with Crippen molar-refractivity contribution in [3.05, 3.63) is 65.2 Å². The predicted molar refractivity (Wildman–Crippen MR) is 98.4 cm³/mol. The van der Waals surface area contributed by atoms with Gasteiger partial charge in [-0.15, -0.1) is 0 Å². The molecule has 0 saturated carbocycles. The second-order valence-corrected chi connectivity index (χ2v) is 6.69. The van der Waals surface area contributed by atoms with Crippen LogP contribution >= 0.6 is 11.6 Å². The zero-order valence-electron chi connectivity index (χ0n) is 13.7. The van der Waals surface area contributed by atoms with Gasteiger partial charge < -0.3 is 4.90 Å². The van der Waals surface area contributed by atoms with Crippen LogP contribution in [0, 0.1) is 5.82 Å². The first-order chi connectivity index (χ1) is 12.2. The number of halogens is 2. The Kier molecular flexibility index (Phi) is 4.51. The van der Waals surface area contributed by atoms with Crippen LogP contribution < -0.4 is 4.90 Å². The van der Waals surface area contributed by atoms with Crippen molar-refractivity contribution in [1.29, 1.82) is 0 Å². The average molecular weight is 357 g/mol. The molecule has 1 aromatic heterocycles. The Balaban J connectivity index is 1.48. The van der Waals surface area contributed by atoms with E-state index >= 15 is 0 Å². The molecular formula is C19H18ClFN4. The van der Waals surface area contributed by atoms with Gasteiger partial charge in [0.05, 0.1) is 5.52 Å². The maximum atomic E-state index is 13.6. The molecule has 0 spiro atoms. The predicted octanol–water partition coefficient (Wildman–Crippen LogP) is 3.74. The molecule has 1 aliphatic rings. The van der Waals surface area contributed by atoms with Crippen molar-refractivity contribution in [2.75, 3.05) is 31.1 Å². The minimum atomic E-state index is -0.261. The first kappa shape index (κ1) is 16.2. The quantitative estimate of drug-likeness (QED) is 0.715. The van der Waals surface area contributed by atoms with Gasteiger partial charge in [0.2, 0.25) is 0 Å². The normalized spacial score (nSPS) is 15.7. The van der Waals surface area contributed by atoms with Crippen LogP contribution in [0.5, 0.6) is 0 Å². The summed E-state index contributed by atoms with van der Waals surface area (Å²) in [4.78, 5) is 13.2. The molecule has 4 nitrogen and oxygen atoms in total. The van der Waals surface area contributed by atoms with Gasteiger partial charge >= 0.3 is 0 Å². The van der Waals surface area contributed by atoms with Crippen molar-refractivity contribution < 1.29 is 4.39 Å². The molecule has 0 radical (unpaired) electrons. The van der Waals surface area contributed by atoms with Crippen molar-refractivity contribution in [3.63, 3.8) is 0 Å². The largest absolute Gasteiger partial charge is 0.353 e. The number of hydrogen-bond acceptors (Lipinski definition) is 4. The highest BCUT2D eigenvalue weighted by Gasteiger charge is 2.20. The number of rotatable bonds is 3. The molecule has 0 atom stereocenters. The molecule has 2 heterocycles. The molecular weight excluding hydrogens is 339 g/mol. The van der Waals surface area contributed by atoms with Crippen LogP contribution in [-0.2, 0) is 6.54 Å². The highest BCUT2D eigenvalue weighted by Crippen LogP contribution is 2.25. The van der Waals surface area contributed by atoms with Gasteiger partial charge in [-0.25, -0.2) is 14.4 Å². The van der Waals surface area contributed by atoms with Crippen LogP contribution in [0.15, 0.2) is 48.8 Å². The molecule has 0 unspecified atom stereocenters. The minimum Gasteiger partial charge on any atom is -0.353 e. The standard InChI is InChI=1S/C19H18ClFN4/c20-15-3-1-2-14(10-15)12-24-6-8-25(9-7-24)19-17-11-16(21)4-5-18(17)22-13-23-19/h1-5,10-11,13H,6-9,12H2. The third kappa shape index (κ3) is 3.57. The molecule has 6 heteroatoms. The fourth-order valence-electron chi connectivity index (χ4n) is 3.28. The van der Waals surface area contributed by atoms with Crippen LogP contribution in [-0.4, -0.2) is 41.0 Å². The van der Waals surface area contributed by atoms with E-state index < -0.39 is 0 Å². The van der Waals surface area contributed by atoms with Gasteiger partial charge in [0.1, 0.15) is 18.0 Å². The third-order valence-corrected chi connectivity index (χ3v) is 4.78. The Morgan fingerprint density at radius 3 is 2.64 bits per heavy atom. The lowest BCUT2D eigenvalue weighted by Gasteiger charge is -2.35. The smallest absolute Gasteiger partial charge is 0.140 e. The summed E-state index contributed by atoms with van der Waals surface area (Å²) in [6.07, 6.45) is 1.55. The lowest BCUT2D eigenvalue weighted by atomic mass is 10.2. The highest BCUT2D eigenvalue weighted by molar-refractivity contribution is 6.30. The number of aromatic nitrogens is 2. The summed E-state index contributed by atoms with van der Waals surface area (Å²) in [6, 6.07) is 12.6. The summed E-state index contributed by atoms with van der Waals surface area (Å²) in [5, 5.41) is 1.54. The van der Waals surface area contributed by atoms with Gasteiger partial charge in [0.25, 0.3) is 0 Å². The van der Waals surface area contributed by atoms with E-state index in [1.807, 2.05) is 18.2 Å². The van der Waals surface area contributed by atoms with Gasteiger partial charge in [-0.1, -0.05) is 23.7 Å². The van der Waals surface area contributed by atoms with Crippen molar-refractivity contribution in [2.24, 2.45) is 0 Å². The van der Waals surface area contributed by atoms with Crippen LogP contribution in [0.1, 0.15) is 5.56 Å². The second kappa shape index (κ2) is 6.94. The number of fused-ring (bicyclic) bond motifs is 1. The summed E-state index contributed by atoms with van der Waals surface area (Å²) in [7, 11) is 0. The molecule has 0 bridgehead atoms. The Hall–Kier alpha value is -2.24. The van der Waals surface area contributed by atoms with Gasteiger partial charge in [-0.3, -0.25) is 4.90 Å². The fourth-order valence-corrected chi connectivity index (χ4v) is 3.49. The maximum absolute atomic E-state index is 13.6. The second-order valence-electron chi connectivity index (χ2n) is 6.25. The molecule has 3 aromatic rings. The lowest BCUT2D eigenvalue weighted by Crippen LogP contribution is -2.46. The molecule has 4 rings (SSSR count). The number of hydrogen-bond donors (Lipinski definition) is 0. The lowest BCUT2D eigenvalue weighted by molar-refractivity contribution is 0.249. The molecule has 1 fully saturated rings. The topological polar surface area (TPSA) is 32.3 Å². The molecule has 25 heavy (non-hydrogen) atoms. The van der Waals surface area contributed by atoms with E-state index in [1.54, 1.807) is 12.4 Å². The Morgan fingerprint density at radius 1 is 1.00 bits per heavy atom. The van der Waals surface area contributed by atoms with E-state index in [1.165, 1.54) is 17.7 Å². The van der Waals surface area contributed by atoms with Crippen molar-refractivity contribution in [1.82, 2.24) is 14.9 Å². The third-order valence-electron chi connectivity index (χ3n) is 4.54. The molecule has 128 valence electrons. The SMILES string of the molecule is Fc1ccc2ncnc(N3CCN(Cc4cccc(Cl)c4)CC3)c2c1. The zero-order valence-corrected chi connectivity index (χ0v) is 14.5. The maximum Gasteiger partial charge on any atom is 0.140 e. The Bertz CT molecular complexity index is 893. The van der Waals surface area contributed by atoms with Gasteiger partial charge in [0.15, 0.2) is 0 Å². The average Bonchev–Trinajstić information content (AvgIpc) is 2.62. The van der Waals surface area contributed by atoms with E-state index in [-0.39, 0.29) is 5.82 Å². The molecule has 0 N–H and O–H groups in total. The van der Waals surface area contributed by atoms with Crippen molar-refractivity contribution in [2.45, 2.75) is 6.54 Å². The number of nitrogens with zero attached hydrogens (tertiary/aromatic N) is 4. The number of anilines is 1. The minimum absolute atomic E-state index is 0.261. The molecule has 2 aromatic carbocycles. The van der Waals surface area contributed by atoms with E-state index in [2.05, 4.69) is 25.8 Å². The summed E-state index contributed by atoms with van der Waals surface area (Å²) in [5.41, 5.74) is 1.99.